The highest BCUT2D eigenvalue weighted by atomic mass is 16.6. The second-order valence-corrected chi connectivity index (χ2v) is 20.2. The minimum absolute atomic E-state index is 0.354. The summed E-state index contributed by atoms with van der Waals surface area (Å²) in [5.74, 6) is -4.28. The maximum atomic E-state index is 13.8. The summed E-state index contributed by atoms with van der Waals surface area (Å²) >= 11 is 0. The van der Waals surface area contributed by atoms with Gasteiger partial charge in [0.1, 0.15) is 17.2 Å². The Kier molecular flexibility index (Phi) is 27.3. The fourth-order valence-electron chi connectivity index (χ4n) is 10.8. The van der Waals surface area contributed by atoms with Crippen molar-refractivity contribution in [2.45, 2.75) is 44.1 Å². The molecular formula is C68H74N6O14. The van der Waals surface area contributed by atoms with Crippen LogP contribution in [0.5, 0.6) is 11.5 Å². The summed E-state index contributed by atoms with van der Waals surface area (Å²) in [6.07, 6.45) is 7.25. The largest absolute Gasteiger partial charge is 0.481 e. The van der Waals surface area contributed by atoms with Gasteiger partial charge in [0.15, 0.2) is 0 Å². The molecule has 9 rings (SSSR count). The zero-order valence-electron chi connectivity index (χ0n) is 49.3. The molecule has 0 bridgehead atoms. The number of hydrogen-bond donors (Lipinski definition) is 2. The van der Waals surface area contributed by atoms with E-state index in [2.05, 4.69) is 26.3 Å². The normalized spacial score (nSPS) is 18.8. The number of aliphatic carboxylic acids is 2. The van der Waals surface area contributed by atoms with Crippen LogP contribution in [0.3, 0.4) is 0 Å². The van der Waals surface area contributed by atoms with Gasteiger partial charge in [0, 0.05) is 59.5 Å². The Labute approximate surface area is 512 Å². The van der Waals surface area contributed by atoms with Crippen LogP contribution in [0, 0.1) is 36.0 Å². The third kappa shape index (κ3) is 19.2. The van der Waals surface area contributed by atoms with Gasteiger partial charge in [-0.25, -0.2) is 4.68 Å². The highest BCUT2D eigenvalue weighted by molar-refractivity contribution is 5.87. The predicted octanol–water partition coefficient (Wildman–Crippen LogP) is 10.7. The number of rotatable bonds is 31. The van der Waals surface area contributed by atoms with E-state index in [0.29, 0.717) is 115 Å². The molecule has 1 aromatic heterocycles. The summed E-state index contributed by atoms with van der Waals surface area (Å²) in [7, 11) is 0. The number of carboxylic acids is 2. The van der Waals surface area contributed by atoms with Crippen LogP contribution < -0.4 is 9.47 Å². The van der Waals surface area contributed by atoms with Crippen molar-refractivity contribution in [3.63, 3.8) is 0 Å². The highest BCUT2D eigenvalue weighted by Crippen LogP contribution is 2.59. The van der Waals surface area contributed by atoms with Gasteiger partial charge in [-0.3, -0.25) is 19.2 Å². The summed E-state index contributed by atoms with van der Waals surface area (Å²) < 4.78 is 44.9. The van der Waals surface area contributed by atoms with Crippen molar-refractivity contribution in [3.8, 4) is 35.1 Å². The van der Waals surface area contributed by atoms with Gasteiger partial charge in [0.2, 0.25) is 0 Å². The third-order valence-corrected chi connectivity index (χ3v) is 14.8. The van der Waals surface area contributed by atoms with E-state index in [9.17, 15) is 29.4 Å². The van der Waals surface area contributed by atoms with E-state index >= 15 is 0 Å². The molecule has 460 valence electrons. The van der Waals surface area contributed by atoms with E-state index in [-0.39, 0.29) is 0 Å². The van der Waals surface area contributed by atoms with Crippen molar-refractivity contribution in [1.82, 2.24) is 15.0 Å². The molecule has 1 heterocycles. The molecule has 2 fully saturated rings. The number of hydrogen-bond acceptors (Lipinski definition) is 15. The highest BCUT2D eigenvalue weighted by Gasteiger charge is 2.60. The van der Waals surface area contributed by atoms with Gasteiger partial charge >= 0.3 is 23.9 Å². The van der Waals surface area contributed by atoms with Gasteiger partial charge in [-0.05, 0) is 72.0 Å². The molecule has 2 aliphatic carbocycles. The van der Waals surface area contributed by atoms with E-state index in [4.69, 9.17) is 49.8 Å². The molecule has 20 nitrogen and oxygen atoms in total. The van der Waals surface area contributed by atoms with Crippen LogP contribution in [0.25, 0.3) is 21.7 Å². The number of carbonyl (C=O) groups excluding carboxylic acids is 2. The average Bonchev–Trinajstić information content (AvgIpc) is 0.850. The third-order valence-electron chi connectivity index (χ3n) is 14.8. The minimum atomic E-state index is -0.932. The topological polar surface area (TPSA) is 262 Å². The molecule has 88 heavy (non-hydrogen) atoms. The molecule has 7 aromatic rings. The lowest BCUT2D eigenvalue weighted by Gasteiger charge is -2.48. The molecule has 0 radical (unpaired) electrons. The number of azide groups is 1. The summed E-state index contributed by atoms with van der Waals surface area (Å²) in [6, 6.07) is 51.1. The molecule has 6 aromatic carbocycles. The maximum absolute atomic E-state index is 13.8. The second kappa shape index (κ2) is 36.2. The van der Waals surface area contributed by atoms with Gasteiger partial charge in [-0.15, -0.1) is 11.5 Å². The minimum Gasteiger partial charge on any atom is -0.481 e. The molecule has 0 saturated heterocycles. The van der Waals surface area contributed by atoms with Crippen molar-refractivity contribution >= 4 is 23.9 Å². The molecule has 0 aliphatic heterocycles. The van der Waals surface area contributed by atoms with Gasteiger partial charge in [-0.2, -0.15) is 0 Å². The first-order valence-electron chi connectivity index (χ1n) is 29.2. The zero-order chi connectivity index (χ0) is 62.3. The molecule has 2 saturated carbocycles. The van der Waals surface area contributed by atoms with Crippen LogP contribution in [0.15, 0.2) is 181 Å². The van der Waals surface area contributed by atoms with Crippen LogP contribution in [0.2, 0.25) is 0 Å². The number of carboxylic acid groups (broad SMARTS) is 2. The molecule has 2 N–H and O–H groups in total. The number of benzene rings is 6. The van der Waals surface area contributed by atoms with Crippen molar-refractivity contribution in [3.05, 3.63) is 214 Å². The summed E-state index contributed by atoms with van der Waals surface area (Å²) in [6.45, 7) is 11.4. The second-order valence-electron chi connectivity index (χ2n) is 20.2. The van der Waals surface area contributed by atoms with Crippen LogP contribution >= 0.6 is 0 Å². The standard InChI is InChI=1S/C34H37N3O7.C26H20O4.C8H17N3O3/c1-2-41-18-19-43-21-20-42-17-16-37-23-28(35-36-37)26-14-9-15-27(22-26)44-34(40)32-29(24-10-5-3-6-11-24)31(33(38)39)30(32)25-12-7-4-8-13-25;1-2-17-10-9-15-20(16-17)30-26(29)24-21(18-11-5-3-6-12-18)23(25(27)28)22(24)19-13-7-4-8-14-19;1-2-12-5-6-14-8-7-13-4-3-10-11-9/h3-15,22-23,29-32H,2,16-21H2,1H3,(H,38,39);1,3-16,21-24H,(H,27,28);2-8H2,1H3/t29-,30-,31?,32?;21-,22-,23?,24?;/m00./s1. The lowest BCUT2D eigenvalue weighted by Crippen LogP contribution is -2.52. The van der Waals surface area contributed by atoms with E-state index in [0.717, 1.165) is 27.8 Å². The number of carbonyl (C=O) groups is 4. The Bertz CT molecular complexity index is 3250. The average molecular weight is 1200 g/mol. The van der Waals surface area contributed by atoms with Crippen molar-refractivity contribution < 1.29 is 67.3 Å². The van der Waals surface area contributed by atoms with Gasteiger partial charge in [-0.1, -0.05) is 156 Å². The van der Waals surface area contributed by atoms with Crippen LogP contribution in [-0.2, 0) is 54.1 Å². The molecule has 0 spiro atoms. The Morgan fingerprint density at radius 3 is 1.33 bits per heavy atom. The number of ether oxygens (including phenoxy) is 8. The van der Waals surface area contributed by atoms with Crippen molar-refractivity contribution in [2.24, 2.45) is 28.8 Å². The van der Waals surface area contributed by atoms with Crippen LogP contribution in [0.4, 0.5) is 0 Å². The number of aromatic nitrogens is 3. The molecule has 20 heteroatoms. The fraction of sp³-hybridized carbons (Fsp3) is 0.353. The summed E-state index contributed by atoms with van der Waals surface area (Å²) in [5, 5.41) is 32.0. The molecular weight excluding hydrogens is 1120 g/mol. The van der Waals surface area contributed by atoms with Gasteiger partial charge < -0.3 is 48.1 Å². The lowest BCUT2D eigenvalue weighted by molar-refractivity contribution is -0.160. The van der Waals surface area contributed by atoms with Crippen LogP contribution in [-0.4, -0.2) is 135 Å². The Hall–Kier alpha value is -9.03. The number of nitrogens with zero attached hydrogens (tertiary/aromatic N) is 6. The van der Waals surface area contributed by atoms with Crippen molar-refractivity contribution in [2.75, 3.05) is 85.8 Å². The monoisotopic (exact) mass is 1200 g/mol. The first-order chi connectivity index (χ1) is 43.1. The summed E-state index contributed by atoms with van der Waals surface area (Å²) in [5.41, 5.74) is 13.2. The quantitative estimate of drug-likeness (QED) is 0.00778. The summed E-state index contributed by atoms with van der Waals surface area (Å²) in [4.78, 5) is 54.3. The predicted molar refractivity (Wildman–Crippen MR) is 327 cm³/mol. The SMILES string of the molecule is C#Cc1cccc(OC(=O)C2[C@@H](c3ccccc3)C(C(=O)O)[C@@H]2c2ccccc2)c1.CCOCCOCCOCCN=[N+]=[N-].CCOCCOCCOCCn1cc(-c2cccc(OC(=O)C3[C@@H](c4ccccc4)C(C(=O)O)[C@@H]3c3ccccc3)c2)nn1. The first kappa shape index (κ1) is 66.5. The number of terminal acetylenes is 1. The smallest absolute Gasteiger partial charge is 0.315 e. The van der Waals surface area contributed by atoms with Crippen LogP contribution in [0.1, 0.15) is 65.3 Å². The molecule has 0 amide bonds. The van der Waals surface area contributed by atoms with E-state index in [1.165, 1.54) is 0 Å². The molecule has 0 unspecified atom stereocenters. The Morgan fingerprint density at radius 2 is 0.920 bits per heavy atom. The fourth-order valence-corrected chi connectivity index (χ4v) is 10.8. The van der Waals surface area contributed by atoms with Gasteiger partial charge in [0.25, 0.3) is 0 Å². The Balaban J connectivity index is 0.000000216. The number of esters is 2. The van der Waals surface area contributed by atoms with Gasteiger partial charge in [0.05, 0.1) is 102 Å². The lowest BCUT2D eigenvalue weighted by atomic mass is 9.52. The maximum Gasteiger partial charge on any atom is 0.315 e. The van der Waals surface area contributed by atoms with E-state index < -0.39 is 71.2 Å². The van der Waals surface area contributed by atoms with Crippen molar-refractivity contribution in [1.29, 1.82) is 0 Å². The zero-order valence-corrected chi connectivity index (χ0v) is 49.3. The molecule has 4 atom stereocenters. The Morgan fingerprint density at radius 1 is 0.523 bits per heavy atom. The van der Waals surface area contributed by atoms with E-state index in [1.807, 2.05) is 147 Å². The van der Waals surface area contributed by atoms with E-state index in [1.54, 1.807) is 47.1 Å². The first-order valence-corrected chi connectivity index (χ1v) is 29.2. The molecule has 2 aliphatic rings.